The van der Waals surface area contributed by atoms with Gasteiger partial charge in [-0.3, -0.25) is 13.9 Å². The molecule has 0 aromatic heterocycles. The molecule has 0 radical (unpaired) electrons. The number of anilines is 1. The number of hydrogen-bond donors (Lipinski definition) is 1. The average molecular weight is 538 g/mol. The molecule has 0 aliphatic carbocycles. The van der Waals surface area contributed by atoms with Crippen molar-refractivity contribution in [3.8, 4) is 11.5 Å². The van der Waals surface area contributed by atoms with Crippen molar-refractivity contribution in [3.63, 3.8) is 0 Å². The summed E-state index contributed by atoms with van der Waals surface area (Å²) in [6, 6.07) is 22.4. The Labute approximate surface area is 225 Å². The van der Waals surface area contributed by atoms with Crippen molar-refractivity contribution in [1.29, 1.82) is 0 Å². The first kappa shape index (κ1) is 28.7. The van der Waals surface area contributed by atoms with E-state index in [0.29, 0.717) is 17.2 Å². The number of rotatable bonds is 11. The lowest BCUT2D eigenvalue weighted by Crippen LogP contribution is -2.52. The fourth-order valence-corrected chi connectivity index (χ4v) is 4.76. The molecule has 0 spiro atoms. The van der Waals surface area contributed by atoms with Crippen LogP contribution in [0.5, 0.6) is 11.5 Å². The van der Waals surface area contributed by atoms with Crippen LogP contribution in [-0.4, -0.2) is 50.0 Å². The largest absolute Gasteiger partial charge is 0.457 e. The van der Waals surface area contributed by atoms with Crippen LogP contribution in [0.15, 0.2) is 78.9 Å². The van der Waals surface area contributed by atoms with Gasteiger partial charge in [0.2, 0.25) is 21.8 Å². The first-order valence-electron chi connectivity index (χ1n) is 12.4. The molecule has 3 aromatic carbocycles. The van der Waals surface area contributed by atoms with Gasteiger partial charge in [-0.2, -0.15) is 0 Å². The molecular weight excluding hydrogens is 502 g/mol. The first-order chi connectivity index (χ1) is 17.9. The number of nitrogens with zero attached hydrogens (tertiary/aromatic N) is 2. The molecule has 0 saturated heterocycles. The molecule has 8 nitrogen and oxygen atoms in total. The first-order valence-corrected chi connectivity index (χ1v) is 14.2. The Morgan fingerprint density at radius 2 is 1.53 bits per heavy atom. The lowest BCUT2D eigenvalue weighted by atomic mass is 10.1. The van der Waals surface area contributed by atoms with E-state index in [1.807, 2.05) is 75.4 Å². The Bertz CT molecular complexity index is 1340. The number of ether oxygens (including phenoxy) is 1. The average Bonchev–Trinajstić information content (AvgIpc) is 2.85. The van der Waals surface area contributed by atoms with Gasteiger partial charge in [-0.1, -0.05) is 48.0 Å². The molecular formula is C29H35N3O5S. The van der Waals surface area contributed by atoms with Crippen LogP contribution in [0.2, 0.25) is 0 Å². The van der Waals surface area contributed by atoms with Gasteiger partial charge in [-0.05, 0) is 69.7 Å². The van der Waals surface area contributed by atoms with Crippen LogP contribution < -0.4 is 14.4 Å². The van der Waals surface area contributed by atoms with Gasteiger partial charge in [-0.25, -0.2) is 8.42 Å². The van der Waals surface area contributed by atoms with Gasteiger partial charge >= 0.3 is 0 Å². The quantitative estimate of drug-likeness (QED) is 0.389. The van der Waals surface area contributed by atoms with Crippen molar-refractivity contribution < 1.29 is 22.7 Å². The molecule has 1 N–H and O–H groups in total. The number of hydrogen-bond acceptors (Lipinski definition) is 5. The second-order valence-electron chi connectivity index (χ2n) is 9.53. The van der Waals surface area contributed by atoms with Crippen LogP contribution in [0.3, 0.4) is 0 Å². The normalized spacial score (nSPS) is 12.1. The molecule has 3 rings (SSSR count). The Kier molecular flexibility index (Phi) is 9.52. The highest BCUT2D eigenvalue weighted by Crippen LogP contribution is 2.26. The Hall–Kier alpha value is -3.85. The molecule has 0 aliphatic heterocycles. The summed E-state index contributed by atoms with van der Waals surface area (Å²) in [6.45, 7) is 6.98. The molecule has 0 unspecified atom stereocenters. The molecule has 38 heavy (non-hydrogen) atoms. The van der Waals surface area contributed by atoms with Crippen molar-refractivity contribution in [3.05, 3.63) is 90.0 Å². The number of amides is 2. The number of nitrogens with one attached hydrogen (secondary N) is 1. The summed E-state index contributed by atoms with van der Waals surface area (Å²) in [5.74, 6) is 0.373. The zero-order valence-corrected chi connectivity index (χ0v) is 23.2. The van der Waals surface area contributed by atoms with E-state index in [1.165, 1.54) is 4.90 Å². The van der Waals surface area contributed by atoms with Crippen molar-refractivity contribution in [2.24, 2.45) is 0 Å². The van der Waals surface area contributed by atoms with Gasteiger partial charge in [0.15, 0.2) is 0 Å². The van der Waals surface area contributed by atoms with E-state index < -0.39 is 28.5 Å². The van der Waals surface area contributed by atoms with Crippen molar-refractivity contribution in [2.75, 3.05) is 17.1 Å². The molecule has 9 heteroatoms. The molecule has 1 atom stereocenters. The lowest BCUT2D eigenvalue weighted by molar-refractivity contribution is -0.139. The standard InChI is InChI=1S/C29H35N3O5S/c1-21(2)30-29(34)23(4)31(19-24-11-9-10-22(3)18-24)28(33)20-32(38(5,35)36)25-14-16-27(17-15-25)37-26-12-7-6-8-13-26/h6-18,21,23H,19-20H2,1-5H3,(H,30,34)/t23-/m1/s1. The van der Waals surface area contributed by atoms with Crippen LogP contribution in [0.25, 0.3) is 0 Å². The van der Waals surface area contributed by atoms with E-state index in [4.69, 9.17) is 4.74 Å². The Balaban J connectivity index is 1.86. The second kappa shape index (κ2) is 12.6. The van der Waals surface area contributed by atoms with Crippen LogP contribution >= 0.6 is 0 Å². The summed E-state index contributed by atoms with van der Waals surface area (Å²) in [6.07, 6.45) is 1.05. The van der Waals surface area contributed by atoms with Gasteiger partial charge in [0.05, 0.1) is 11.9 Å². The minimum Gasteiger partial charge on any atom is -0.457 e. The SMILES string of the molecule is Cc1cccc(CN(C(=O)CN(c2ccc(Oc3ccccc3)cc2)S(C)(=O)=O)[C@H](C)C(=O)NC(C)C)c1. The molecule has 0 bridgehead atoms. The Morgan fingerprint density at radius 1 is 0.895 bits per heavy atom. The maximum Gasteiger partial charge on any atom is 0.244 e. The predicted molar refractivity (Wildman–Crippen MR) is 150 cm³/mol. The number of para-hydroxylation sites is 1. The summed E-state index contributed by atoms with van der Waals surface area (Å²) in [5, 5.41) is 2.84. The molecule has 0 saturated carbocycles. The molecule has 202 valence electrons. The highest BCUT2D eigenvalue weighted by Gasteiger charge is 2.30. The summed E-state index contributed by atoms with van der Waals surface area (Å²) in [5.41, 5.74) is 2.18. The summed E-state index contributed by atoms with van der Waals surface area (Å²) in [7, 11) is -3.82. The van der Waals surface area contributed by atoms with Gasteiger partial charge in [0, 0.05) is 12.6 Å². The van der Waals surface area contributed by atoms with E-state index in [2.05, 4.69) is 5.32 Å². The van der Waals surface area contributed by atoms with E-state index in [1.54, 1.807) is 31.2 Å². The summed E-state index contributed by atoms with van der Waals surface area (Å²) >= 11 is 0. The Morgan fingerprint density at radius 3 is 2.11 bits per heavy atom. The third-order valence-electron chi connectivity index (χ3n) is 5.82. The van der Waals surface area contributed by atoms with E-state index in [9.17, 15) is 18.0 Å². The molecule has 2 amide bonds. The maximum atomic E-state index is 13.6. The number of carbonyl (C=O) groups is 2. The highest BCUT2D eigenvalue weighted by atomic mass is 32.2. The van der Waals surface area contributed by atoms with Gasteiger partial charge in [-0.15, -0.1) is 0 Å². The van der Waals surface area contributed by atoms with Crippen LogP contribution in [0, 0.1) is 6.92 Å². The van der Waals surface area contributed by atoms with E-state index in [0.717, 1.165) is 21.7 Å². The molecule has 0 aliphatic rings. The summed E-state index contributed by atoms with van der Waals surface area (Å²) < 4.78 is 32.4. The van der Waals surface area contributed by atoms with Gasteiger partial charge in [0.1, 0.15) is 24.1 Å². The smallest absolute Gasteiger partial charge is 0.244 e. The number of carbonyl (C=O) groups excluding carboxylic acids is 2. The third-order valence-corrected chi connectivity index (χ3v) is 6.96. The monoisotopic (exact) mass is 537 g/mol. The van der Waals surface area contributed by atoms with Crippen molar-refractivity contribution in [1.82, 2.24) is 10.2 Å². The van der Waals surface area contributed by atoms with Crippen LogP contribution in [0.4, 0.5) is 5.69 Å². The number of benzene rings is 3. The topological polar surface area (TPSA) is 96.0 Å². The lowest BCUT2D eigenvalue weighted by Gasteiger charge is -2.32. The maximum absolute atomic E-state index is 13.6. The fourth-order valence-electron chi connectivity index (χ4n) is 3.91. The van der Waals surface area contributed by atoms with E-state index in [-0.39, 0.29) is 18.5 Å². The fraction of sp³-hybridized carbons (Fsp3) is 0.310. The molecule has 0 fully saturated rings. The van der Waals surface area contributed by atoms with Gasteiger partial charge in [0.25, 0.3) is 0 Å². The zero-order valence-electron chi connectivity index (χ0n) is 22.4. The minimum atomic E-state index is -3.82. The number of sulfonamides is 1. The minimum absolute atomic E-state index is 0.106. The van der Waals surface area contributed by atoms with E-state index >= 15 is 0 Å². The van der Waals surface area contributed by atoms with Crippen molar-refractivity contribution >= 4 is 27.5 Å². The van der Waals surface area contributed by atoms with Gasteiger partial charge < -0.3 is 15.0 Å². The molecule has 0 heterocycles. The third kappa shape index (κ3) is 8.08. The van der Waals surface area contributed by atoms with Crippen molar-refractivity contribution in [2.45, 2.75) is 46.3 Å². The zero-order chi connectivity index (χ0) is 27.9. The van der Waals surface area contributed by atoms with Crippen LogP contribution in [-0.2, 0) is 26.2 Å². The van der Waals surface area contributed by atoms with Crippen LogP contribution in [0.1, 0.15) is 31.9 Å². The highest BCUT2D eigenvalue weighted by molar-refractivity contribution is 7.92. The second-order valence-corrected chi connectivity index (χ2v) is 11.4. The number of aryl methyl sites for hydroxylation is 1. The summed E-state index contributed by atoms with van der Waals surface area (Å²) in [4.78, 5) is 27.9. The predicted octanol–water partition coefficient (Wildman–Crippen LogP) is 4.50. The molecule has 3 aromatic rings.